The molecule has 1 aromatic heterocycles. The quantitative estimate of drug-likeness (QED) is 0.533. The second kappa shape index (κ2) is 8.26. The molecular formula is C25H22FN3O3. The molecule has 0 fully saturated rings. The average molecular weight is 431 g/mol. The van der Waals surface area contributed by atoms with E-state index >= 15 is 0 Å². The van der Waals surface area contributed by atoms with Crippen LogP contribution in [0.2, 0.25) is 0 Å². The second-order valence-corrected chi connectivity index (χ2v) is 7.88. The van der Waals surface area contributed by atoms with E-state index in [0.717, 1.165) is 15.7 Å². The third kappa shape index (κ3) is 3.97. The molecule has 7 heteroatoms. The standard InChI is InChI=1S/C25H22FN3O3/c1-15-10-16(2)12-19(11-15)29-24(31)20-6-4-5-7-22(20)28(25(29)32)14-23(30)27-18-9-8-17(3)21(26)13-18/h4-13H,14H2,1-3H3,(H,27,30). The molecule has 0 atom stereocenters. The maximum atomic E-state index is 13.8. The normalized spacial score (nSPS) is 11.0. The van der Waals surface area contributed by atoms with E-state index in [4.69, 9.17) is 0 Å². The number of rotatable bonds is 4. The van der Waals surface area contributed by atoms with Gasteiger partial charge in [-0.1, -0.05) is 24.3 Å². The maximum Gasteiger partial charge on any atom is 0.336 e. The maximum absolute atomic E-state index is 13.8. The van der Waals surface area contributed by atoms with Crippen LogP contribution in [0.4, 0.5) is 10.1 Å². The van der Waals surface area contributed by atoms with Crippen molar-refractivity contribution in [3.8, 4) is 5.69 Å². The fourth-order valence-electron chi connectivity index (χ4n) is 3.80. The molecule has 1 heterocycles. The van der Waals surface area contributed by atoms with E-state index < -0.39 is 23.0 Å². The Morgan fingerprint density at radius 1 is 0.938 bits per heavy atom. The minimum absolute atomic E-state index is 0.290. The molecule has 0 aliphatic carbocycles. The number of anilines is 1. The van der Waals surface area contributed by atoms with Crippen LogP contribution < -0.4 is 16.6 Å². The number of halogens is 1. The van der Waals surface area contributed by atoms with Gasteiger partial charge in [0.15, 0.2) is 0 Å². The molecule has 3 aromatic carbocycles. The van der Waals surface area contributed by atoms with Crippen LogP contribution >= 0.6 is 0 Å². The summed E-state index contributed by atoms with van der Waals surface area (Å²) in [7, 11) is 0. The Morgan fingerprint density at radius 2 is 1.62 bits per heavy atom. The number of nitrogens with one attached hydrogen (secondary N) is 1. The number of carbonyl (C=O) groups excluding carboxylic acids is 1. The molecule has 0 bridgehead atoms. The molecule has 1 amide bonds. The number of hydrogen-bond acceptors (Lipinski definition) is 3. The van der Waals surface area contributed by atoms with Gasteiger partial charge in [0.1, 0.15) is 12.4 Å². The minimum atomic E-state index is -0.621. The van der Waals surface area contributed by atoms with Crippen molar-refractivity contribution in [3.63, 3.8) is 0 Å². The lowest BCUT2D eigenvalue weighted by atomic mass is 10.1. The molecule has 4 aromatic rings. The number of amides is 1. The molecule has 1 N–H and O–H groups in total. The van der Waals surface area contributed by atoms with Gasteiger partial charge in [0.2, 0.25) is 5.91 Å². The first kappa shape index (κ1) is 21.2. The molecule has 162 valence electrons. The fraction of sp³-hybridized carbons (Fsp3) is 0.160. The van der Waals surface area contributed by atoms with Gasteiger partial charge >= 0.3 is 5.69 Å². The topological polar surface area (TPSA) is 73.1 Å². The highest BCUT2D eigenvalue weighted by Crippen LogP contribution is 2.15. The van der Waals surface area contributed by atoms with Crippen LogP contribution in [0.1, 0.15) is 16.7 Å². The number of carbonyl (C=O) groups is 1. The predicted molar refractivity (Wildman–Crippen MR) is 123 cm³/mol. The molecule has 0 aliphatic rings. The van der Waals surface area contributed by atoms with Gasteiger partial charge in [-0.2, -0.15) is 0 Å². The molecule has 0 saturated carbocycles. The number of benzene rings is 3. The predicted octanol–water partition coefficient (Wildman–Crippen LogP) is 3.86. The van der Waals surface area contributed by atoms with Gasteiger partial charge < -0.3 is 5.32 Å². The first-order chi connectivity index (χ1) is 15.2. The summed E-state index contributed by atoms with van der Waals surface area (Å²) in [5, 5.41) is 2.94. The van der Waals surface area contributed by atoms with E-state index in [1.807, 2.05) is 19.9 Å². The highest BCUT2D eigenvalue weighted by Gasteiger charge is 2.17. The smallest absolute Gasteiger partial charge is 0.324 e. The second-order valence-electron chi connectivity index (χ2n) is 7.88. The van der Waals surface area contributed by atoms with Crippen molar-refractivity contribution < 1.29 is 9.18 Å². The Bertz CT molecular complexity index is 1460. The Labute approximate surface area is 183 Å². The van der Waals surface area contributed by atoms with Gasteiger partial charge in [0.25, 0.3) is 5.56 Å². The SMILES string of the molecule is Cc1cc(C)cc(-n2c(=O)c3ccccc3n(CC(=O)Nc3ccc(C)c(F)c3)c2=O)c1. The van der Waals surface area contributed by atoms with Crippen molar-refractivity contribution in [2.24, 2.45) is 0 Å². The molecular weight excluding hydrogens is 409 g/mol. The van der Waals surface area contributed by atoms with Crippen molar-refractivity contribution in [1.29, 1.82) is 0 Å². The highest BCUT2D eigenvalue weighted by molar-refractivity contribution is 5.91. The van der Waals surface area contributed by atoms with E-state index in [1.54, 1.807) is 55.5 Å². The zero-order valence-corrected chi connectivity index (χ0v) is 18.0. The van der Waals surface area contributed by atoms with Crippen LogP contribution in [-0.4, -0.2) is 15.0 Å². The summed E-state index contributed by atoms with van der Waals surface area (Å²) >= 11 is 0. The molecule has 0 radical (unpaired) electrons. The summed E-state index contributed by atoms with van der Waals surface area (Å²) in [6.45, 7) is 5.06. The summed E-state index contributed by atoms with van der Waals surface area (Å²) in [4.78, 5) is 39.3. The minimum Gasteiger partial charge on any atom is -0.324 e. The molecule has 0 aliphatic heterocycles. The Kier molecular flexibility index (Phi) is 5.48. The van der Waals surface area contributed by atoms with Crippen LogP contribution in [0, 0.1) is 26.6 Å². The van der Waals surface area contributed by atoms with E-state index in [1.165, 1.54) is 10.6 Å². The first-order valence-electron chi connectivity index (χ1n) is 10.1. The Hall–Kier alpha value is -4.00. The monoisotopic (exact) mass is 431 g/mol. The lowest BCUT2D eigenvalue weighted by molar-refractivity contribution is -0.116. The van der Waals surface area contributed by atoms with Gasteiger partial charge in [-0.15, -0.1) is 0 Å². The number of hydrogen-bond donors (Lipinski definition) is 1. The zero-order chi connectivity index (χ0) is 23.0. The molecule has 32 heavy (non-hydrogen) atoms. The van der Waals surface area contributed by atoms with Crippen molar-refractivity contribution in [3.05, 3.63) is 104 Å². The van der Waals surface area contributed by atoms with Crippen LogP contribution in [-0.2, 0) is 11.3 Å². The molecule has 0 spiro atoms. The van der Waals surface area contributed by atoms with Gasteiger partial charge in [-0.3, -0.25) is 14.2 Å². The summed E-state index contributed by atoms with van der Waals surface area (Å²) in [6, 6.07) is 16.5. The van der Waals surface area contributed by atoms with Crippen LogP contribution in [0.5, 0.6) is 0 Å². The Morgan fingerprint density at radius 3 is 2.31 bits per heavy atom. The van der Waals surface area contributed by atoms with Crippen LogP contribution in [0.25, 0.3) is 16.6 Å². The van der Waals surface area contributed by atoms with Crippen molar-refractivity contribution in [2.75, 3.05) is 5.32 Å². The summed E-state index contributed by atoms with van der Waals surface area (Å²) in [5.41, 5.74) is 2.29. The van der Waals surface area contributed by atoms with E-state index in [9.17, 15) is 18.8 Å². The lowest BCUT2D eigenvalue weighted by Crippen LogP contribution is -2.40. The van der Waals surface area contributed by atoms with Crippen LogP contribution in [0.15, 0.2) is 70.3 Å². The van der Waals surface area contributed by atoms with E-state index in [-0.39, 0.29) is 12.2 Å². The highest BCUT2D eigenvalue weighted by atomic mass is 19.1. The van der Waals surface area contributed by atoms with E-state index in [2.05, 4.69) is 5.32 Å². The largest absolute Gasteiger partial charge is 0.336 e. The Balaban J connectivity index is 1.83. The number of para-hydroxylation sites is 1. The molecule has 0 saturated heterocycles. The summed E-state index contributed by atoms with van der Waals surface area (Å²) in [6.07, 6.45) is 0. The zero-order valence-electron chi connectivity index (χ0n) is 18.0. The number of aromatic nitrogens is 2. The van der Waals surface area contributed by atoms with Gasteiger partial charge in [0, 0.05) is 5.69 Å². The van der Waals surface area contributed by atoms with Crippen molar-refractivity contribution in [1.82, 2.24) is 9.13 Å². The molecule has 6 nitrogen and oxygen atoms in total. The van der Waals surface area contributed by atoms with Gasteiger partial charge in [0.05, 0.1) is 16.6 Å². The summed E-state index contributed by atoms with van der Waals surface area (Å²) in [5.74, 6) is -0.945. The lowest BCUT2D eigenvalue weighted by Gasteiger charge is -2.15. The number of aryl methyl sites for hydroxylation is 3. The number of fused-ring (bicyclic) bond motifs is 1. The van der Waals surface area contributed by atoms with Crippen molar-refractivity contribution >= 4 is 22.5 Å². The average Bonchev–Trinajstić information content (AvgIpc) is 2.73. The van der Waals surface area contributed by atoms with Crippen molar-refractivity contribution in [2.45, 2.75) is 27.3 Å². The number of nitrogens with zero attached hydrogens (tertiary/aromatic N) is 2. The summed E-state index contributed by atoms with van der Waals surface area (Å²) < 4.78 is 16.2. The van der Waals surface area contributed by atoms with Gasteiger partial charge in [-0.25, -0.2) is 13.8 Å². The molecule has 0 unspecified atom stereocenters. The first-order valence-corrected chi connectivity index (χ1v) is 10.1. The third-order valence-corrected chi connectivity index (χ3v) is 5.27. The third-order valence-electron chi connectivity index (χ3n) is 5.27. The fourth-order valence-corrected chi connectivity index (χ4v) is 3.80. The van der Waals surface area contributed by atoms with Crippen LogP contribution in [0.3, 0.4) is 0 Å². The van der Waals surface area contributed by atoms with E-state index in [0.29, 0.717) is 22.2 Å². The molecule has 4 rings (SSSR count). The van der Waals surface area contributed by atoms with Gasteiger partial charge in [-0.05, 0) is 73.9 Å².